The van der Waals surface area contributed by atoms with Crippen molar-refractivity contribution < 1.29 is 24.2 Å². The third-order valence-electron chi connectivity index (χ3n) is 2.52. The van der Waals surface area contributed by atoms with Gasteiger partial charge in [0, 0.05) is 6.92 Å². The molecule has 2 N–H and O–H groups in total. The number of aliphatic hydroxyl groups excluding tert-OH is 2. The number of carbonyl (C=O) groups excluding carboxylic acids is 1. The molecule has 102 valence electrons. The fourth-order valence-corrected chi connectivity index (χ4v) is 1.88. The van der Waals surface area contributed by atoms with Crippen molar-refractivity contribution in [2.75, 3.05) is 39.9 Å². The van der Waals surface area contributed by atoms with Crippen LogP contribution in [0.4, 0.5) is 0 Å². The quantitative estimate of drug-likeness (QED) is 0.555. The van der Waals surface area contributed by atoms with Crippen LogP contribution in [0, 0.1) is 0 Å². The Hall–Kier alpha value is -0.490. The molecule has 0 rings (SSSR count). The molecule has 2 unspecified atom stereocenters. The van der Waals surface area contributed by atoms with Crippen LogP contribution in [-0.4, -0.2) is 72.6 Å². The molecule has 5 nitrogen and oxygen atoms in total. The SMILES string of the molecule is CC(=O)C[N+](C)(CCO)CC(O)COC(C)C. The molecule has 0 bridgehead atoms. The van der Waals surface area contributed by atoms with E-state index in [0.717, 1.165) is 0 Å². The normalized spacial score (nSPS) is 16.9. The lowest BCUT2D eigenvalue weighted by molar-refractivity contribution is -0.905. The molecule has 0 aliphatic carbocycles. The highest BCUT2D eigenvalue weighted by Crippen LogP contribution is 2.05. The molecular formula is C12H26NO4+. The molecule has 2 atom stereocenters. The second-order valence-electron chi connectivity index (χ2n) is 5.15. The van der Waals surface area contributed by atoms with Crippen molar-refractivity contribution in [2.24, 2.45) is 0 Å². The van der Waals surface area contributed by atoms with E-state index in [2.05, 4.69) is 0 Å². The van der Waals surface area contributed by atoms with Gasteiger partial charge in [0.1, 0.15) is 25.7 Å². The lowest BCUT2D eigenvalue weighted by atomic mass is 10.2. The summed E-state index contributed by atoms with van der Waals surface area (Å²) >= 11 is 0. The molecular weight excluding hydrogens is 222 g/mol. The largest absolute Gasteiger partial charge is 0.391 e. The zero-order valence-corrected chi connectivity index (χ0v) is 11.3. The number of hydrogen-bond acceptors (Lipinski definition) is 4. The summed E-state index contributed by atoms with van der Waals surface area (Å²) in [5.74, 6) is 0.0536. The Morgan fingerprint density at radius 1 is 1.41 bits per heavy atom. The topological polar surface area (TPSA) is 66.8 Å². The van der Waals surface area contributed by atoms with Crippen molar-refractivity contribution >= 4 is 5.78 Å². The first-order valence-corrected chi connectivity index (χ1v) is 6.02. The Bertz CT molecular complexity index is 233. The van der Waals surface area contributed by atoms with Crippen molar-refractivity contribution in [3.8, 4) is 0 Å². The summed E-state index contributed by atoms with van der Waals surface area (Å²) in [6.45, 7) is 6.78. The molecule has 0 aromatic carbocycles. The number of carbonyl (C=O) groups is 1. The van der Waals surface area contributed by atoms with Gasteiger partial charge in [0.05, 0.1) is 26.4 Å². The minimum Gasteiger partial charge on any atom is -0.391 e. The number of likely N-dealkylation sites (N-methyl/N-ethyl adjacent to an activating group) is 1. The van der Waals surface area contributed by atoms with E-state index in [9.17, 15) is 9.90 Å². The van der Waals surface area contributed by atoms with Crippen molar-refractivity contribution in [1.29, 1.82) is 0 Å². The molecule has 0 saturated heterocycles. The van der Waals surface area contributed by atoms with Crippen LogP contribution in [0.1, 0.15) is 20.8 Å². The number of rotatable bonds is 9. The molecule has 0 saturated carbocycles. The first-order chi connectivity index (χ1) is 7.79. The van der Waals surface area contributed by atoms with E-state index in [1.54, 1.807) is 0 Å². The number of quaternary nitrogens is 1. The summed E-state index contributed by atoms with van der Waals surface area (Å²) in [5.41, 5.74) is 0. The van der Waals surface area contributed by atoms with Gasteiger partial charge in [-0.2, -0.15) is 0 Å². The molecule has 17 heavy (non-hydrogen) atoms. The van der Waals surface area contributed by atoms with Gasteiger partial charge in [-0.1, -0.05) is 0 Å². The van der Waals surface area contributed by atoms with Crippen LogP contribution < -0.4 is 0 Å². The number of aliphatic hydroxyl groups is 2. The molecule has 5 heteroatoms. The molecule has 0 fully saturated rings. The van der Waals surface area contributed by atoms with Gasteiger partial charge in [0.25, 0.3) is 0 Å². The van der Waals surface area contributed by atoms with Crippen LogP contribution in [0.15, 0.2) is 0 Å². The van der Waals surface area contributed by atoms with E-state index in [1.807, 2.05) is 20.9 Å². The second kappa shape index (κ2) is 7.76. The van der Waals surface area contributed by atoms with Crippen molar-refractivity contribution in [2.45, 2.75) is 33.0 Å². The van der Waals surface area contributed by atoms with E-state index in [1.165, 1.54) is 6.92 Å². The lowest BCUT2D eigenvalue weighted by Gasteiger charge is -2.34. The van der Waals surface area contributed by atoms with E-state index >= 15 is 0 Å². The average Bonchev–Trinajstić information content (AvgIpc) is 2.13. The number of nitrogens with zero attached hydrogens (tertiary/aromatic N) is 1. The Morgan fingerprint density at radius 2 is 2.00 bits per heavy atom. The Kier molecular flexibility index (Phi) is 7.54. The summed E-state index contributed by atoms with van der Waals surface area (Å²) in [6, 6.07) is 0. The van der Waals surface area contributed by atoms with Gasteiger partial charge in [0.2, 0.25) is 0 Å². The average molecular weight is 248 g/mol. The lowest BCUT2D eigenvalue weighted by Crippen LogP contribution is -2.53. The molecule has 0 aliphatic heterocycles. The monoisotopic (exact) mass is 248 g/mol. The van der Waals surface area contributed by atoms with Gasteiger partial charge in [-0.05, 0) is 13.8 Å². The fourth-order valence-electron chi connectivity index (χ4n) is 1.88. The number of Topliss-reactive ketones (excluding diaryl/α,β-unsaturated/α-hetero) is 1. The molecule has 0 aromatic heterocycles. The standard InChI is InChI=1S/C12H26NO4/c1-10(2)17-9-12(16)8-13(4,5-6-14)7-11(3)15/h10,12,14,16H,5-9H2,1-4H3/q+1. The van der Waals surface area contributed by atoms with Gasteiger partial charge < -0.3 is 19.4 Å². The first kappa shape index (κ1) is 16.5. The highest BCUT2D eigenvalue weighted by atomic mass is 16.5. The second-order valence-corrected chi connectivity index (χ2v) is 5.15. The smallest absolute Gasteiger partial charge is 0.183 e. The van der Waals surface area contributed by atoms with Crippen molar-refractivity contribution in [3.05, 3.63) is 0 Å². The van der Waals surface area contributed by atoms with E-state index in [4.69, 9.17) is 9.84 Å². The minimum absolute atomic E-state index is 0.00153. The zero-order chi connectivity index (χ0) is 13.5. The maximum absolute atomic E-state index is 11.2. The van der Waals surface area contributed by atoms with Crippen molar-refractivity contribution in [1.82, 2.24) is 0 Å². The Balaban J connectivity index is 4.26. The van der Waals surface area contributed by atoms with Crippen LogP contribution in [0.2, 0.25) is 0 Å². The highest BCUT2D eigenvalue weighted by Gasteiger charge is 2.26. The number of hydrogen-bond donors (Lipinski definition) is 2. The van der Waals surface area contributed by atoms with Crippen molar-refractivity contribution in [3.63, 3.8) is 0 Å². The third kappa shape index (κ3) is 8.26. The molecule has 0 spiro atoms. The molecule has 0 aliphatic rings. The predicted molar refractivity (Wildman–Crippen MR) is 65.6 cm³/mol. The molecule has 0 aromatic rings. The van der Waals surface area contributed by atoms with Gasteiger partial charge in [-0.3, -0.25) is 4.79 Å². The first-order valence-electron chi connectivity index (χ1n) is 6.02. The molecule has 0 amide bonds. The maximum atomic E-state index is 11.2. The van der Waals surface area contributed by atoms with Gasteiger partial charge in [0.15, 0.2) is 5.78 Å². The summed E-state index contributed by atoms with van der Waals surface area (Å²) in [6.07, 6.45) is -0.539. The zero-order valence-electron chi connectivity index (χ0n) is 11.3. The van der Waals surface area contributed by atoms with Crippen LogP contribution in [0.25, 0.3) is 0 Å². The summed E-state index contributed by atoms with van der Waals surface area (Å²) < 4.78 is 5.67. The van der Waals surface area contributed by atoms with E-state index in [-0.39, 0.29) is 25.1 Å². The number of ether oxygens (including phenoxy) is 1. The van der Waals surface area contributed by atoms with Crippen LogP contribution in [0.3, 0.4) is 0 Å². The minimum atomic E-state index is -0.617. The van der Waals surface area contributed by atoms with Gasteiger partial charge >= 0.3 is 0 Å². The van der Waals surface area contributed by atoms with E-state index in [0.29, 0.717) is 24.1 Å². The van der Waals surface area contributed by atoms with Crippen LogP contribution in [0.5, 0.6) is 0 Å². The van der Waals surface area contributed by atoms with Crippen LogP contribution in [-0.2, 0) is 9.53 Å². The Morgan fingerprint density at radius 3 is 2.41 bits per heavy atom. The van der Waals surface area contributed by atoms with Gasteiger partial charge in [-0.25, -0.2) is 0 Å². The van der Waals surface area contributed by atoms with E-state index < -0.39 is 6.10 Å². The molecule has 0 radical (unpaired) electrons. The Labute approximate surface area is 104 Å². The summed E-state index contributed by atoms with van der Waals surface area (Å²) in [7, 11) is 1.86. The van der Waals surface area contributed by atoms with Gasteiger partial charge in [-0.15, -0.1) is 0 Å². The highest BCUT2D eigenvalue weighted by molar-refractivity contribution is 5.76. The third-order valence-corrected chi connectivity index (χ3v) is 2.52. The molecule has 0 heterocycles. The predicted octanol–water partition coefficient (Wildman–Crippen LogP) is -0.200. The summed E-state index contributed by atoms with van der Waals surface area (Å²) in [4.78, 5) is 11.2. The van der Waals surface area contributed by atoms with Crippen LogP contribution >= 0.6 is 0 Å². The maximum Gasteiger partial charge on any atom is 0.183 e. The fraction of sp³-hybridized carbons (Fsp3) is 0.917. The number of ketones is 1. The summed E-state index contributed by atoms with van der Waals surface area (Å²) in [5, 5.41) is 18.8.